The Morgan fingerprint density at radius 2 is 1.83 bits per heavy atom. The summed E-state index contributed by atoms with van der Waals surface area (Å²) in [5.41, 5.74) is 6.01. The lowest BCUT2D eigenvalue weighted by atomic mass is 9.69. The zero-order valence-corrected chi connectivity index (χ0v) is 15.3. The molecule has 2 rings (SSSR count). The van der Waals surface area contributed by atoms with Crippen molar-refractivity contribution in [3.8, 4) is 0 Å². The van der Waals surface area contributed by atoms with Crippen LogP contribution in [0, 0.1) is 23.7 Å². The van der Waals surface area contributed by atoms with Crippen LogP contribution in [0.2, 0.25) is 0 Å². The third-order valence-electron chi connectivity index (χ3n) is 4.99. The number of carbonyl (C=O) groups excluding carboxylic acids is 1. The van der Waals surface area contributed by atoms with Crippen LogP contribution in [-0.2, 0) is 0 Å². The Morgan fingerprint density at radius 1 is 1.17 bits per heavy atom. The largest absolute Gasteiger partial charge is 0.271 e. The number of carbonyl (C=O) groups is 1. The first-order chi connectivity index (χ1) is 11.4. The Labute approximate surface area is 145 Å². The van der Waals surface area contributed by atoms with Crippen LogP contribution in [0.1, 0.15) is 45.0 Å². The lowest BCUT2D eigenvalue weighted by Crippen LogP contribution is -2.32. The molecule has 3 heteroatoms. The predicted octanol–water partition coefficient (Wildman–Crippen LogP) is 4.83. The van der Waals surface area contributed by atoms with E-state index in [4.69, 9.17) is 0 Å². The first-order valence-corrected chi connectivity index (χ1v) is 8.62. The molecule has 3 nitrogen and oxygen atoms in total. The van der Waals surface area contributed by atoms with Crippen LogP contribution < -0.4 is 5.43 Å². The Kier molecular flexibility index (Phi) is 6.13. The minimum atomic E-state index is -0.172. The van der Waals surface area contributed by atoms with Gasteiger partial charge in [-0.15, -0.1) is 0 Å². The molecule has 24 heavy (non-hydrogen) atoms. The molecule has 0 fully saturated rings. The van der Waals surface area contributed by atoms with E-state index in [2.05, 4.69) is 57.3 Å². The van der Waals surface area contributed by atoms with E-state index in [0.29, 0.717) is 23.3 Å². The second-order valence-corrected chi connectivity index (χ2v) is 7.04. The fourth-order valence-corrected chi connectivity index (χ4v) is 3.28. The number of allylic oxidation sites excluding steroid dienone is 4. The maximum atomic E-state index is 12.1. The Morgan fingerprint density at radius 3 is 2.46 bits per heavy atom. The lowest BCUT2D eigenvalue weighted by molar-refractivity contribution is 0.0954. The molecule has 0 heterocycles. The van der Waals surface area contributed by atoms with Crippen LogP contribution in [-0.4, -0.2) is 12.1 Å². The normalized spacial score (nSPS) is 26.8. The minimum absolute atomic E-state index is 0.172. The third kappa shape index (κ3) is 4.44. The maximum absolute atomic E-state index is 12.1. The van der Waals surface area contributed by atoms with Gasteiger partial charge in [0.2, 0.25) is 0 Å². The maximum Gasteiger partial charge on any atom is 0.271 e. The van der Waals surface area contributed by atoms with Crippen LogP contribution in [0.3, 0.4) is 0 Å². The van der Waals surface area contributed by atoms with E-state index in [1.807, 2.05) is 24.4 Å². The van der Waals surface area contributed by atoms with Crippen LogP contribution in [0.25, 0.3) is 0 Å². The Bertz CT molecular complexity index is 654. The highest BCUT2D eigenvalue weighted by molar-refractivity contribution is 5.94. The summed E-state index contributed by atoms with van der Waals surface area (Å²) in [6.07, 6.45) is 6.55. The molecule has 1 aliphatic carbocycles. The van der Waals surface area contributed by atoms with E-state index in [1.54, 1.807) is 12.1 Å². The van der Waals surface area contributed by atoms with E-state index in [9.17, 15) is 4.79 Å². The van der Waals surface area contributed by atoms with Gasteiger partial charge in [-0.25, -0.2) is 5.43 Å². The quantitative estimate of drug-likeness (QED) is 0.481. The van der Waals surface area contributed by atoms with Gasteiger partial charge in [0.1, 0.15) is 0 Å². The standard InChI is InChI=1S/C21H28N2O/c1-14(2)11-19-12-15(3)16(4)17(5)20(19)13-22-23-21(24)18-9-7-6-8-10-18/h6-13,16-17,19-20H,1-5H3,(H,23,24)/t16-,17+,19+,20-/m0/s1. The zero-order valence-electron chi connectivity index (χ0n) is 15.3. The summed E-state index contributed by atoms with van der Waals surface area (Å²) in [5, 5.41) is 4.26. The van der Waals surface area contributed by atoms with Gasteiger partial charge in [0, 0.05) is 23.6 Å². The topological polar surface area (TPSA) is 41.5 Å². The fraction of sp³-hybridized carbons (Fsp3) is 0.429. The second kappa shape index (κ2) is 8.09. The molecule has 0 aromatic heterocycles. The molecule has 0 radical (unpaired) electrons. The summed E-state index contributed by atoms with van der Waals surface area (Å²) < 4.78 is 0. The summed E-state index contributed by atoms with van der Waals surface area (Å²) in [5.74, 6) is 1.45. The molecular formula is C21H28N2O. The van der Waals surface area contributed by atoms with Crippen molar-refractivity contribution in [2.75, 3.05) is 0 Å². The fourth-order valence-electron chi connectivity index (χ4n) is 3.28. The van der Waals surface area contributed by atoms with Crippen molar-refractivity contribution >= 4 is 12.1 Å². The van der Waals surface area contributed by atoms with Crippen LogP contribution in [0.15, 0.2) is 58.7 Å². The summed E-state index contributed by atoms with van der Waals surface area (Å²) in [6, 6.07) is 9.16. The summed E-state index contributed by atoms with van der Waals surface area (Å²) in [4.78, 5) is 12.1. The lowest BCUT2D eigenvalue weighted by Gasteiger charge is -2.36. The van der Waals surface area contributed by atoms with Crippen molar-refractivity contribution in [1.82, 2.24) is 5.43 Å². The van der Waals surface area contributed by atoms with Gasteiger partial charge in [0.05, 0.1) is 0 Å². The smallest absolute Gasteiger partial charge is 0.267 e. The van der Waals surface area contributed by atoms with Gasteiger partial charge in [-0.1, -0.05) is 55.3 Å². The average Bonchev–Trinajstić information content (AvgIpc) is 2.56. The minimum Gasteiger partial charge on any atom is -0.267 e. The van der Waals surface area contributed by atoms with Gasteiger partial charge in [0.25, 0.3) is 5.91 Å². The van der Waals surface area contributed by atoms with Gasteiger partial charge in [-0.2, -0.15) is 5.10 Å². The molecule has 1 aromatic rings. The van der Waals surface area contributed by atoms with Gasteiger partial charge in [-0.05, 0) is 44.7 Å². The van der Waals surface area contributed by atoms with E-state index in [0.717, 1.165) is 0 Å². The molecular weight excluding hydrogens is 296 g/mol. The Hall–Kier alpha value is -2.16. The number of nitrogens with one attached hydrogen (secondary N) is 1. The number of nitrogens with zero attached hydrogens (tertiary/aromatic N) is 1. The zero-order chi connectivity index (χ0) is 17.7. The van der Waals surface area contributed by atoms with Gasteiger partial charge in [0.15, 0.2) is 0 Å². The number of rotatable bonds is 4. The Balaban J connectivity index is 2.13. The summed E-state index contributed by atoms with van der Waals surface area (Å²) in [6.45, 7) is 11.0. The molecule has 128 valence electrons. The molecule has 1 amide bonds. The van der Waals surface area contributed by atoms with Crippen LogP contribution >= 0.6 is 0 Å². The predicted molar refractivity (Wildman–Crippen MR) is 101 cm³/mol. The molecule has 0 saturated carbocycles. The number of hydrazone groups is 1. The highest BCUT2D eigenvalue weighted by Gasteiger charge is 2.31. The van der Waals surface area contributed by atoms with Crippen molar-refractivity contribution in [3.63, 3.8) is 0 Å². The number of hydrogen-bond donors (Lipinski definition) is 1. The van der Waals surface area contributed by atoms with E-state index < -0.39 is 0 Å². The molecule has 0 saturated heterocycles. The molecule has 0 bridgehead atoms. The van der Waals surface area contributed by atoms with Crippen molar-refractivity contribution in [1.29, 1.82) is 0 Å². The molecule has 0 aliphatic heterocycles. The molecule has 1 aromatic carbocycles. The number of hydrogen-bond acceptors (Lipinski definition) is 2. The van der Waals surface area contributed by atoms with Crippen molar-refractivity contribution in [3.05, 3.63) is 59.2 Å². The number of benzene rings is 1. The number of amides is 1. The van der Waals surface area contributed by atoms with Crippen molar-refractivity contribution in [2.45, 2.75) is 34.6 Å². The van der Waals surface area contributed by atoms with Crippen LogP contribution in [0.5, 0.6) is 0 Å². The van der Waals surface area contributed by atoms with Crippen LogP contribution in [0.4, 0.5) is 0 Å². The third-order valence-corrected chi connectivity index (χ3v) is 4.99. The molecule has 4 atom stereocenters. The van der Waals surface area contributed by atoms with Crippen molar-refractivity contribution in [2.24, 2.45) is 28.8 Å². The molecule has 1 aliphatic rings. The summed E-state index contributed by atoms with van der Waals surface area (Å²) >= 11 is 0. The molecule has 0 spiro atoms. The second-order valence-electron chi connectivity index (χ2n) is 7.04. The summed E-state index contributed by atoms with van der Waals surface area (Å²) in [7, 11) is 0. The first-order valence-electron chi connectivity index (χ1n) is 8.62. The molecule has 1 N–H and O–H groups in total. The van der Waals surface area contributed by atoms with E-state index in [-0.39, 0.29) is 11.8 Å². The SMILES string of the molecule is CC(C)=C[C@@H]1C=C(C)[C@H](C)[C@@H](C)[C@@H]1C=NNC(=O)c1ccccc1. The molecule has 0 unspecified atom stereocenters. The van der Waals surface area contributed by atoms with Crippen molar-refractivity contribution < 1.29 is 4.79 Å². The van der Waals surface area contributed by atoms with Gasteiger partial charge < -0.3 is 0 Å². The first kappa shape index (κ1) is 18.2. The van der Waals surface area contributed by atoms with E-state index in [1.165, 1.54) is 11.1 Å². The average molecular weight is 324 g/mol. The van der Waals surface area contributed by atoms with Gasteiger partial charge in [-0.3, -0.25) is 4.79 Å². The van der Waals surface area contributed by atoms with E-state index >= 15 is 0 Å². The highest BCUT2D eigenvalue weighted by Crippen LogP contribution is 2.38. The monoisotopic (exact) mass is 324 g/mol. The highest BCUT2D eigenvalue weighted by atomic mass is 16.2. The van der Waals surface area contributed by atoms with Gasteiger partial charge >= 0.3 is 0 Å².